The Labute approximate surface area is 128 Å². The van der Waals surface area contributed by atoms with Gasteiger partial charge < -0.3 is 5.11 Å². The highest BCUT2D eigenvalue weighted by Crippen LogP contribution is 2.67. The molecule has 3 saturated carbocycles. The number of carbonyl (C=O) groups excluding carboxylic acids is 1. The maximum absolute atomic E-state index is 12.0. The van der Waals surface area contributed by atoms with Crippen LogP contribution in [-0.4, -0.2) is 16.5 Å². The third-order valence-corrected chi connectivity index (χ3v) is 8.17. The summed E-state index contributed by atoms with van der Waals surface area (Å²) < 4.78 is 0. The zero-order chi connectivity index (χ0) is 15.0. The van der Waals surface area contributed by atoms with E-state index in [2.05, 4.69) is 20.8 Å². The Morgan fingerprint density at radius 2 is 1.81 bits per heavy atom. The van der Waals surface area contributed by atoms with Crippen LogP contribution in [-0.2, 0) is 4.79 Å². The molecule has 6 atom stereocenters. The Balaban J connectivity index is 1.70. The Morgan fingerprint density at radius 1 is 1.10 bits per heavy atom. The van der Waals surface area contributed by atoms with Gasteiger partial charge in [-0.1, -0.05) is 19.4 Å². The van der Waals surface area contributed by atoms with Crippen LogP contribution in [0.4, 0.5) is 0 Å². The zero-order valence-electron chi connectivity index (χ0n) is 13.6. The fourth-order valence-corrected chi connectivity index (χ4v) is 6.66. The van der Waals surface area contributed by atoms with Crippen molar-refractivity contribution in [1.82, 2.24) is 0 Å². The van der Waals surface area contributed by atoms with E-state index in [4.69, 9.17) is 0 Å². The molecule has 0 aliphatic heterocycles. The minimum absolute atomic E-state index is 0.0916. The molecule has 0 saturated heterocycles. The van der Waals surface area contributed by atoms with E-state index in [0.29, 0.717) is 23.5 Å². The molecule has 0 unspecified atom stereocenters. The van der Waals surface area contributed by atoms with Crippen molar-refractivity contribution in [3.63, 3.8) is 0 Å². The molecule has 0 aromatic carbocycles. The summed E-state index contributed by atoms with van der Waals surface area (Å²) in [5, 5.41) is 10.9. The smallest absolute Gasteiger partial charge is 0.156 e. The molecule has 0 bridgehead atoms. The molecule has 2 heteroatoms. The first-order chi connectivity index (χ1) is 9.78. The SMILES string of the molecule is C[C@@]12CC(=O)C=C1CC[C@H]1[C@@H]2CC[C@]2(C)[C@H]1CC[C@@]2(C)O. The van der Waals surface area contributed by atoms with Crippen molar-refractivity contribution in [2.45, 2.75) is 71.3 Å². The second-order valence-electron chi connectivity index (χ2n) is 8.91. The van der Waals surface area contributed by atoms with Crippen LogP contribution in [0.25, 0.3) is 0 Å². The monoisotopic (exact) mass is 288 g/mol. The second kappa shape index (κ2) is 4.01. The first kappa shape index (κ1) is 14.0. The van der Waals surface area contributed by atoms with Gasteiger partial charge in [0.25, 0.3) is 0 Å². The molecule has 4 aliphatic rings. The van der Waals surface area contributed by atoms with Crippen LogP contribution in [0.1, 0.15) is 65.7 Å². The molecule has 4 aliphatic carbocycles. The van der Waals surface area contributed by atoms with Gasteiger partial charge in [-0.2, -0.15) is 0 Å². The number of ketones is 1. The van der Waals surface area contributed by atoms with Crippen LogP contribution in [0, 0.1) is 28.6 Å². The maximum Gasteiger partial charge on any atom is 0.156 e. The molecule has 116 valence electrons. The standard InChI is InChI=1S/C19H28O2/c1-17-11-13(20)10-12(17)4-5-14-15(17)6-8-18(2)16(14)7-9-19(18,3)21/h10,14-16,21H,4-9,11H2,1-3H3/t14-,15-,16-,17+,18+,19+/m0/s1. The predicted octanol–water partition coefficient (Wildman–Crippen LogP) is 3.88. The summed E-state index contributed by atoms with van der Waals surface area (Å²) in [4.78, 5) is 12.0. The van der Waals surface area contributed by atoms with Gasteiger partial charge in [-0.15, -0.1) is 0 Å². The van der Waals surface area contributed by atoms with Crippen molar-refractivity contribution >= 4 is 5.78 Å². The van der Waals surface area contributed by atoms with Gasteiger partial charge in [0.15, 0.2) is 5.78 Å². The number of allylic oxidation sites excluding steroid dienone is 2. The van der Waals surface area contributed by atoms with Crippen LogP contribution in [0.15, 0.2) is 11.6 Å². The highest BCUT2D eigenvalue weighted by atomic mass is 16.3. The fourth-order valence-electron chi connectivity index (χ4n) is 6.66. The molecule has 0 radical (unpaired) electrons. The Hall–Kier alpha value is -0.630. The molecule has 21 heavy (non-hydrogen) atoms. The first-order valence-corrected chi connectivity index (χ1v) is 8.74. The Kier molecular flexibility index (Phi) is 2.67. The fraction of sp³-hybridized carbons (Fsp3) is 0.842. The molecule has 0 amide bonds. The van der Waals surface area contributed by atoms with E-state index >= 15 is 0 Å². The predicted molar refractivity (Wildman–Crippen MR) is 82.7 cm³/mol. The Morgan fingerprint density at radius 3 is 2.57 bits per heavy atom. The summed E-state index contributed by atoms with van der Waals surface area (Å²) in [6.45, 7) is 6.73. The number of hydrogen-bond donors (Lipinski definition) is 1. The van der Waals surface area contributed by atoms with E-state index in [1.54, 1.807) is 0 Å². The number of rotatable bonds is 0. The summed E-state index contributed by atoms with van der Waals surface area (Å²) >= 11 is 0. The van der Waals surface area contributed by atoms with Gasteiger partial charge in [-0.05, 0) is 80.1 Å². The molecule has 4 rings (SSSR count). The number of hydrogen-bond acceptors (Lipinski definition) is 2. The van der Waals surface area contributed by atoms with Crippen molar-refractivity contribution in [3.8, 4) is 0 Å². The highest BCUT2D eigenvalue weighted by Gasteiger charge is 2.62. The summed E-state index contributed by atoms with van der Waals surface area (Å²) in [6.07, 6.45) is 9.48. The van der Waals surface area contributed by atoms with E-state index in [1.165, 1.54) is 24.8 Å². The Bertz CT molecular complexity index is 532. The van der Waals surface area contributed by atoms with Gasteiger partial charge in [-0.3, -0.25) is 4.79 Å². The largest absolute Gasteiger partial charge is 0.390 e. The molecule has 1 N–H and O–H groups in total. The summed E-state index contributed by atoms with van der Waals surface area (Å²) in [7, 11) is 0. The average molecular weight is 288 g/mol. The minimum atomic E-state index is -0.495. The van der Waals surface area contributed by atoms with Gasteiger partial charge in [0.2, 0.25) is 0 Å². The molecule has 0 spiro atoms. The lowest BCUT2D eigenvalue weighted by atomic mass is 9.48. The lowest BCUT2D eigenvalue weighted by Crippen LogP contribution is -2.53. The van der Waals surface area contributed by atoms with Gasteiger partial charge in [0.1, 0.15) is 0 Å². The molecule has 0 heterocycles. The van der Waals surface area contributed by atoms with Crippen LogP contribution in [0.3, 0.4) is 0 Å². The first-order valence-electron chi connectivity index (χ1n) is 8.74. The summed E-state index contributed by atoms with van der Waals surface area (Å²) in [5.74, 6) is 2.38. The topological polar surface area (TPSA) is 37.3 Å². The van der Waals surface area contributed by atoms with Crippen LogP contribution < -0.4 is 0 Å². The minimum Gasteiger partial charge on any atom is -0.390 e. The van der Waals surface area contributed by atoms with Gasteiger partial charge >= 0.3 is 0 Å². The van der Waals surface area contributed by atoms with E-state index in [9.17, 15) is 9.90 Å². The molecular formula is C19H28O2. The lowest BCUT2D eigenvalue weighted by molar-refractivity contribution is -0.124. The average Bonchev–Trinajstić information content (AvgIpc) is 2.83. The molecule has 3 fully saturated rings. The quantitative estimate of drug-likeness (QED) is 0.734. The van der Waals surface area contributed by atoms with Crippen molar-refractivity contribution in [1.29, 1.82) is 0 Å². The number of carbonyl (C=O) groups is 1. The molecule has 0 aromatic heterocycles. The molecule has 2 nitrogen and oxygen atoms in total. The maximum atomic E-state index is 12.0. The van der Waals surface area contributed by atoms with Crippen LogP contribution >= 0.6 is 0 Å². The third-order valence-electron chi connectivity index (χ3n) is 8.17. The van der Waals surface area contributed by atoms with Crippen molar-refractivity contribution in [2.75, 3.05) is 0 Å². The van der Waals surface area contributed by atoms with Crippen LogP contribution in [0.2, 0.25) is 0 Å². The van der Waals surface area contributed by atoms with E-state index < -0.39 is 5.60 Å². The van der Waals surface area contributed by atoms with Gasteiger partial charge in [0, 0.05) is 6.42 Å². The van der Waals surface area contributed by atoms with Crippen molar-refractivity contribution < 1.29 is 9.90 Å². The number of fused-ring (bicyclic) bond motifs is 5. The second-order valence-corrected chi connectivity index (χ2v) is 8.91. The van der Waals surface area contributed by atoms with Gasteiger partial charge in [-0.25, -0.2) is 0 Å². The molecule has 0 aromatic rings. The molecular weight excluding hydrogens is 260 g/mol. The summed E-state index contributed by atoms with van der Waals surface area (Å²) in [5.41, 5.74) is 1.16. The number of aliphatic hydroxyl groups is 1. The lowest BCUT2D eigenvalue weighted by Gasteiger charge is -2.57. The summed E-state index contributed by atoms with van der Waals surface area (Å²) in [6, 6.07) is 0. The van der Waals surface area contributed by atoms with E-state index in [-0.39, 0.29) is 10.8 Å². The van der Waals surface area contributed by atoms with E-state index in [1.807, 2.05) is 6.08 Å². The van der Waals surface area contributed by atoms with Crippen molar-refractivity contribution in [3.05, 3.63) is 11.6 Å². The highest BCUT2D eigenvalue weighted by molar-refractivity contribution is 5.94. The normalized spacial score (nSPS) is 55.7. The van der Waals surface area contributed by atoms with Crippen LogP contribution in [0.5, 0.6) is 0 Å². The van der Waals surface area contributed by atoms with E-state index in [0.717, 1.165) is 25.7 Å². The van der Waals surface area contributed by atoms with Gasteiger partial charge in [0.05, 0.1) is 5.60 Å². The zero-order valence-corrected chi connectivity index (χ0v) is 13.6. The third kappa shape index (κ3) is 1.60. The van der Waals surface area contributed by atoms with Crippen molar-refractivity contribution in [2.24, 2.45) is 28.6 Å².